The highest BCUT2D eigenvalue weighted by Gasteiger charge is 2.36. The minimum absolute atomic E-state index is 0.161. The number of unbranched alkanes of at least 4 members (excludes halogenated alkanes) is 2. The van der Waals surface area contributed by atoms with Crippen molar-refractivity contribution < 1.29 is 4.79 Å². The summed E-state index contributed by atoms with van der Waals surface area (Å²) < 4.78 is 0. The van der Waals surface area contributed by atoms with Gasteiger partial charge in [0.25, 0.3) is 0 Å². The molecule has 0 bridgehead atoms. The predicted octanol–water partition coefficient (Wildman–Crippen LogP) is 3.97. The van der Waals surface area contributed by atoms with Crippen molar-refractivity contribution in [2.45, 2.75) is 77.7 Å². The molecule has 6 heteroatoms. The van der Waals surface area contributed by atoms with E-state index in [9.17, 15) is 4.79 Å². The maximum Gasteiger partial charge on any atom is 0.249 e. The topological polar surface area (TPSA) is 61.4 Å². The Morgan fingerprint density at radius 3 is 2.50 bits per heavy atom. The summed E-state index contributed by atoms with van der Waals surface area (Å²) in [6.45, 7) is 7.10. The van der Waals surface area contributed by atoms with Crippen LogP contribution in [-0.2, 0) is 4.79 Å². The quantitative estimate of drug-likeness (QED) is 0.798. The van der Waals surface area contributed by atoms with E-state index >= 15 is 0 Å². The summed E-state index contributed by atoms with van der Waals surface area (Å²) in [4.78, 5) is 26.6. The van der Waals surface area contributed by atoms with Crippen LogP contribution in [0.3, 0.4) is 0 Å². The Hall–Kier alpha value is -1.85. The molecule has 3 rings (SSSR count). The highest BCUT2D eigenvalue weighted by atomic mass is 16.2. The number of hydrogen-bond acceptors (Lipinski definition) is 5. The number of carbonyl (C=O) groups excluding carboxylic acids is 1. The fourth-order valence-corrected chi connectivity index (χ4v) is 3.90. The molecule has 26 heavy (non-hydrogen) atoms. The summed E-state index contributed by atoms with van der Waals surface area (Å²) in [5.74, 6) is 1.95. The van der Waals surface area contributed by atoms with Gasteiger partial charge in [-0.25, -0.2) is 9.97 Å². The molecule has 0 radical (unpaired) electrons. The Morgan fingerprint density at radius 1 is 1.08 bits per heavy atom. The van der Waals surface area contributed by atoms with E-state index in [1.807, 2.05) is 4.90 Å². The largest absolute Gasteiger partial charge is 0.356 e. The molecule has 1 saturated heterocycles. The lowest BCUT2D eigenvalue weighted by Gasteiger charge is -2.37. The Labute approximate surface area is 157 Å². The molecule has 1 atom stereocenters. The minimum Gasteiger partial charge on any atom is -0.356 e. The molecule has 1 fully saturated rings. The molecule has 1 aromatic rings. The molecular formula is C20H33N5O. The molecule has 0 spiro atoms. The first kappa shape index (κ1) is 18.9. The van der Waals surface area contributed by atoms with Gasteiger partial charge in [-0.1, -0.05) is 46.0 Å². The summed E-state index contributed by atoms with van der Waals surface area (Å²) in [6, 6.07) is -0.161. The minimum atomic E-state index is -0.161. The molecule has 1 aromatic heterocycles. The maximum atomic E-state index is 13.2. The lowest BCUT2D eigenvalue weighted by molar-refractivity contribution is -0.119. The summed E-state index contributed by atoms with van der Waals surface area (Å²) in [5.41, 5.74) is 0.903. The number of hydrogen-bond donors (Lipinski definition) is 1. The molecule has 3 heterocycles. The Morgan fingerprint density at radius 2 is 1.81 bits per heavy atom. The van der Waals surface area contributed by atoms with Crippen LogP contribution in [0.2, 0.25) is 0 Å². The van der Waals surface area contributed by atoms with E-state index < -0.39 is 0 Å². The first-order valence-electron chi connectivity index (χ1n) is 10.4. The van der Waals surface area contributed by atoms with Crippen molar-refractivity contribution in [1.82, 2.24) is 9.97 Å². The SMILES string of the molecule is CCCC[C@@H]1Nc2ncnc(N3CCCCCC3)c2N(CCCC)C1=O. The number of amides is 1. The number of anilines is 3. The van der Waals surface area contributed by atoms with Gasteiger partial charge in [-0.2, -0.15) is 0 Å². The summed E-state index contributed by atoms with van der Waals surface area (Å²) in [7, 11) is 0. The van der Waals surface area contributed by atoms with Crippen LogP contribution < -0.4 is 15.1 Å². The lowest BCUT2D eigenvalue weighted by Crippen LogP contribution is -2.48. The third kappa shape index (κ3) is 4.10. The van der Waals surface area contributed by atoms with E-state index in [0.29, 0.717) is 0 Å². The molecule has 0 saturated carbocycles. The predicted molar refractivity (Wildman–Crippen MR) is 107 cm³/mol. The smallest absolute Gasteiger partial charge is 0.249 e. The van der Waals surface area contributed by atoms with Crippen molar-refractivity contribution in [3.8, 4) is 0 Å². The van der Waals surface area contributed by atoms with Crippen molar-refractivity contribution in [2.75, 3.05) is 34.8 Å². The molecule has 0 aromatic carbocycles. The average Bonchev–Trinajstić information content (AvgIpc) is 2.95. The molecule has 1 amide bonds. The zero-order chi connectivity index (χ0) is 18.4. The van der Waals surface area contributed by atoms with Crippen LogP contribution in [0.5, 0.6) is 0 Å². The molecule has 6 nitrogen and oxygen atoms in total. The fourth-order valence-electron chi connectivity index (χ4n) is 3.90. The van der Waals surface area contributed by atoms with E-state index in [4.69, 9.17) is 0 Å². The van der Waals surface area contributed by atoms with Crippen LogP contribution in [-0.4, -0.2) is 41.6 Å². The van der Waals surface area contributed by atoms with Crippen LogP contribution in [0.1, 0.15) is 71.6 Å². The Kier molecular flexibility index (Phi) is 6.69. The van der Waals surface area contributed by atoms with Gasteiger partial charge in [-0.15, -0.1) is 0 Å². The second-order valence-electron chi connectivity index (χ2n) is 7.48. The molecule has 0 unspecified atom stereocenters. The second kappa shape index (κ2) is 9.19. The van der Waals surface area contributed by atoms with Crippen molar-refractivity contribution in [1.29, 1.82) is 0 Å². The lowest BCUT2D eigenvalue weighted by atomic mass is 10.0. The van der Waals surface area contributed by atoms with Gasteiger partial charge in [0.05, 0.1) is 0 Å². The molecule has 2 aliphatic rings. The number of rotatable bonds is 7. The van der Waals surface area contributed by atoms with Crippen LogP contribution in [0.15, 0.2) is 6.33 Å². The van der Waals surface area contributed by atoms with E-state index in [-0.39, 0.29) is 11.9 Å². The van der Waals surface area contributed by atoms with E-state index in [2.05, 4.69) is 34.0 Å². The normalized spacial score (nSPS) is 20.5. The molecule has 2 aliphatic heterocycles. The third-order valence-corrected chi connectivity index (χ3v) is 5.44. The summed E-state index contributed by atoms with van der Waals surface area (Å²) in [6.07, 6.45) is 11.7. The van der Waals surface area contributed by atoms with Crippen LogP contribution in [0.25, 0.3) is 0 Å². The number of fused-ring (bicyclic) bond motifs is 1. The van der Waals surface area contributed by atoms with E-state index in [0.717, 1.165) is 69.1 Å². The van der Waals surface area contributed by atoms with Gasteiger partial charge in [-0.3, -0.25) is 4.79 Å². The van der Waals surface area contributed by atoms with Gasteiger partial charge < -0.3 is 15.1 Å². The first-order chi connectivity index (χ1) is 12.8. The standard InChI is InChI=1S/C20H33N5O/c1-3-5-11-16-20(26)25(14-6-4-2)17-18(23-16)21-15-22-19(17)24-12-9-7-8-10-13-24/h15-16H,3-14H2,1-2H3,(H,21,22,23)/t16-/m0/s1. The highest BCUT2D eigenvalue weighted by molar-refractivity contribution is 6.06. The monoisotopic (exact) mass is 359 g/mol. The number of carbonyl (C=O) groups is 1. The third-order valence-electron chi connectivity index (χ3n) is 5.44. The first-order valence-corrected chi connectivity index (χ1v) is 10.4. The summed E-state index contributed by atoms with van der Waals surface area (Å²) in [5, 5.41) is 3.41. The average molecular weight is 360 g/mol. The number of nitrogens with zero attached hydrogens (tertiary/aromatic N) is 4. The van der Waals surface area contributed by atoms with E-state index in [1.54, 1.807) is 6.33 Å². The molecule has 0 aliphatic carbocycles. The van der Waals surface area contributed by atoms with Gasteiger partial charge in [0.2, 0.25) is 5.91 Å². The van der Waals surface area contributed by atoms with Crippen molar-refractivity contribution >= 4 is 23.2 Å². The fraction of sp³-hybridized carbons (Fsp3) is 0.750. The number of aromatic nitrogens is 2. The van der Waals surface area contributed by atoms with Crippen LogP contribution >= 0.6 is 0 Å². The summed E-state index contributed by atoms with van der Waals surface area (Å²) >= 11 is 0. The van der Waals surface area contributed by atoms with Gasteiger partial charge >= 0.3 is 0 Å². The maximum absolute atomic E-state index is 13.2. The number of nitrogens with one attached hydrogen (secondary N) is 1. The van der Waals surface area contributed by atoms with Crippen molar-refractivity contribution in [2.24, 2.45) is 0 Å². The van der Waals surface area contributed by atoms with Gasteiger partial charge in [0, 0.05) is 19.6 Å². The molecule has 144 valence electrons. The Bertz CT molecular complexity index is 598. The van der Waals surface area contributed by atoms with Crippen LogP contribution in [0.4, 0.5) is 17.3 Å². The van der Waals surface area contributed by atoms with Crippen molar-refractivity contribution in [3.05, 3.63) is 6.33 Å². The second-order valence-corrected chi connectivity index (χ2v) is 7.48. The van der Waals surface area contributed by atoms with Gasteiger partial charge in [-0.05, 0) is 25.7 Å². The zero-order valence-corrected chi connectivity index (χ0v) is 16.3. The molecule has 1 N–H and O–H groups in total. The van der Waals surface area contributed by atoms with Crippen LogP contribution in [0, 0.1) is 0 Å². The molecular weight excluding hydrogens is 326 g/mol. The Balaban J connectivity index is 1.94. The van der Waals surface area contributed by atoms with Gasteiger partial charge in [0.15, 0.2) is 11.6 Å². The van der Waals surface area contributed by atoms with E-state index in [1.165, 1.54) is 25.7 Å². The highest BCUT2D eigenvalue weighted by Crippen LogP contribution is 2.38. The zero-order valence-electron chi connectivity index (χ0n) is 16.3. The van der Waals surface area contributed by atoms with Gasteiger partial charge in [0.1, 0.15) is 18.1 Å². The van der Waals surface area contributed by atoms with Crippen molar-refractivity contribution in [3.63, 3.8) is 0 Å².